The summed E-state index contributed by atoms with van der Waals surface area (Å²) in [6, 6.07) is 0.765. The van der Waals surface area contributed by atoms with E-state index in [2.05, 4.69) is 25.2 Å². The molecular weight excluding hydrogens is 146 g/mol. The summed E-state index contributed by atoms with van der Waals surface area (Å²) in [6.45, 7) is 4.37. The van der Waals surface area contributed by atoms with Crippen molar-refractivity contribution in [1.82, 2.24) is 5.32 Å². The van der Waals surface area contributed by atoms with E-state index in [0.717, 1.165) is 12.5 Å². The van der Waals surface area contributed by atoms with Gasteiger partial charge in [0.25, 0.3) is 0 Å². The fourth-order valence-electron chi connectivity index (χ4n) is 1.93. The lowest BCUT2D eigenvalue weighted by Gasteiger charge is -2.24. The summed E-state index contributed by atoms with van der Waals surface area (Å²) in [5.74, 6) is 0. The molecule has 1 aliphatic rings. The quantitative estimate of drug-likeness (QED) is 0.680. The maximum absolute atomic E-state index is 3.58. The van der Waals surface area contributed by atoms with Crippen LogP contribution in [-0.2, 0) is 0 Å². The van der Waals surface area contributed by atoms with Gasteiger partial charge in [-0.25, -0.2) is 0 Å². The summed E-state index contributed by atoms with van der Waals surface area (Å²) < 4.78 is 0. The predicted octanol–water partition coefficient (Wildman–Crippen LogP) is 3.22. The highest BCUT2D eigenvalue weighted by Gasteiger charge is 2.11. The van der Waals surface area contributed by atoms with Crippen LogP contribution >= 0.6 is 0 Å². The van der Waals surface area contributed by atoms with Crippen LogP contribution in [0.2, 0.25) is 0 Å². The monoisotopic (exact) mass is 167 g/mol. The molecule has 1 aliphatic carbocycles. The van der Waals surface area contributed by atoms with Crippen LogP contribution < -0.4 is 5.32 Å². The van der Waals surface area contributed by atoms with Gasteiger partial charge in [0.1, 0.15) is 0 Å². The van der Waals surface area contributed by atoms with Gasteiger partial charge in [0.2, 0.25) is 0 Å². The maximum Gasteiger partial charge on any atom is 0.0258 e. The van der Waals surface area contributed by atoms with Crippen molar-refractivity contribution < 1.29 is 0 Å². The number of nitrogens with one attached hydrogen (secondary N) is 1. The zero-order chi connectivity index (χ0) is 8.81. The summed E-state index contributed by atoms with van der Waals surface area (Å²) in [7, 11) is 0. The molecule has 12 heavy (non-hydrogen) atoms. The third-order valence-corrected chi connectivity index (χ3v) is 2.55. The summed E-state index contributed by atoms with van der Waals surface area (Å²) in [5.41, 5.74) is 1.37. The molecule has 0 aromatic heterocycles. The Hall–Kier alpha value is -0.460. The highest BCUT2D eigenvalue weighted by atomic mass is 14.9. The minimum absolute atomic E-state index is 0.765. The first kappa shape index (κ1) is 9.63. The highest BCUT2D eigenvalue weighted by Crippen LogP contribution is 2.18. The van der Waals surface area contributed by atoms with E-state index in [9.17, 15) is 0 Å². The molecule has 0 saturated heterocycles. The minimum atomic E-state index is 0.765. The molecule has 0 radical (unpaired) electrons. The molecule has 1 rings (SSSR count). The molecule has 0 bridgehead atoms. The van der Waals surface area contributed by atoms with Crippen LogP contribution in [0.15, 0.2) is 11.8 Å². The number of hydrogen-bond donors (Lipinski definition) is 1. The SMILES string of the molecule is CC/C=C(\C)NC1CCCCC1. The zero-order valence-electron chi connectivity index (χ0n) is 8.40. The first-order chi connectivity index (χ1) is 5.83. The van der Waals surface area contributed by atoms with Crippen LogP contribution in [0.1, 0.15) is 52.4 Å². The van der Waals surface area contributed by atoms with Crippen molar-refractivity contribution in [3.05, 3.63) is 11.8 Å². The zero-order valence-corrected chi connectivity index (χ0v) is 8.40. The first-order valence-corrected chi connectivity index (χ1v) is 5.26. The van der Waals surface area contributed by atoms with Crippen LogP contribution in [0, 0.1) is 0 Å². The number of rotatable bonds is 3. The van der Waals surface area contributed by atoms with Gasteiger partial charge in [-0.15, -0.1) is 0 Å². The van der Waals surface area contributed by atoms with Gasteiger partial charge in [-0.2, -0.15) is 0 Å². The average molecular weight is 167 g/mol. The van der Waals surface area contributed by atoms with Crippen molar-refractivity contribution in [1.29, 1.82) is 0 Å². The first-order valence-electron chi connectivity index (χ1n) is 5.26. The van der Waals surface area contributed by atoms with Gasteiger partial charge in [0.15, 0.2) is 0 Å². The van der Waals surface area contributed by atoms with Gasteiger partial charge in [0.05, 0.1) is 0 Å². The predicted molar refractivity (Wildman–Crippen MR) is 54.1 cm³/mol. The van der Waals surface area contributed by atoms with E-state index in [-0.39, 0.29) is 0 Å². The molecule has 0 aliphatic heterocycles. The van der Waals surface area contributed by atoms with Gasteiger partial charge in [0, 0.05) is 11.7 Å². The molecule has 0 amide bonds. The molecule has 0 unspecified atom stereocenters. The van der Waals surface area contributed by atoms with Gasteiger partial charge in [-0.3, -0.25) is 0 Å². The second-order valence-corrected chi connectivity index (χ2v) is 3.77. The third kappa shape index (κ3) is 3.29. The molecular formula is C11H21N. The largest absolute Gasteiger partial charge is 0.386 e. The molecule has 1 saturated carbocycles. The molecule has 0 aromatic carbocycles. The topological polar surface area (TPSA) is 12.0 Å². The normalized spacial score (nSPS) is 21.0. The maximum atomic E-state index is 3.58. The van der Waals surface area contributed by atoms with Crippen molar-refractivity contribution in [2.75, 3.05) is 0 Å². The van der Waals surface area contributed by atoms with Crippen molar-refractivity contribution in [2.24, 2.45) is 0 Å². The van der Waals surface area contributed by atoms with E-state index < -0.39 is 0 Å². The van der Waals surface area contributed by atoms with Crippen LogP contribution in [0.3, 0.4) is 0 Å². The molecule has 1 N–H and O–H groups in total. The lowest BCUT2D eigenvalue weighted by Crippen LogP contribution is -2.29. The molecule has 1 nitrogen and oxygen atoms in total. The van der Waals surface area contributed by atoms with Crippen molar-refractivity contribution >= 4 is 0 Å². The summed E-state index contributed by atoms with van der Waals surface area (Å²) in [5, 5.41) is 3.58. The Kier molecular flexibility index (Phi) is 4.20. The van der Waals surface area contributed by atoms with Crippen LogP contribution in [0.4, 0.5) is 0 Å². The van der Waals surface area contributed by atoms with Gasteiger partial charge in [-0.1, -0.05) is 32.3 Å². The average Bonchev–Trinajstić information content (AvgIpc) is 2.06. The van der Waals surface area contributed by atoms with E-state index in [1.54, 1.807) is 0 Å². The summed E-state index contributed by atoms with van der Waals surface area (Å²) in [4.78, 5) is 0. The van der Waals surface area contributed by atoms with Gasteiger partial charge in [-0.05, 0) is 26.2 Å². The van der Waals surface area contributed by atoms with Crippen LogP contribution in [-0.4, -0.2) is 6.04 Å². The van der Waals surface area contributed by atoms with Crippen molar-refractivity contribution in [2.45, 2.75) is 58.4 Å². The fraction of sp³-hybridized carbons (Fsp3) is 0.818. The van der Waals surface area contributed by atoms with Crippen molar-refractivity contribution in [3.8, 4) is 0 Å². The second kappa shape index (κ2) is 5.23. The second-order valence-electron chi connectivity index (χ2n) is 3.77. The Morgan fingerprint density at radius 1 is 1.33 bits per heavy atom. The van der Waals surface area contributed by atoms with Gasteiger partial charge < -0.3 is 5.32 Å². The van der Waals surface area contributed by atoms with E-state index >= 15 is 0 Å². The van der Waals surface area contributed by atoms with Crippen molar-refractivity contribution in [3.63, 3.8) is 0 Å². The van der Waals surface area contributed by atoms with Gasteiger partial charge >= 0.3 is 0 Å². The Bertz CT molecular complexity index is 143. The van der Waals surface area contributed by atoms with Crippen LogP contribution in [0.25, 0.3) is 0 Å². The smallest absolute Gasteiger partial charge is 0.0258 e. The Labute approximate surface area is 76.2 Å². The number of hydrogen-bond acceptors (Lipinski definition) is 1. The molecule has 0 spiro atoms. The lowest BCUT2D eigenvalue weighted by molar-refractivity contribution is 0.396. The Balaban J connectivity index is 2.24. The summed E-state index contributed by atoms with van der Waals surface area (Å²) in [6.07, 6.45) is 10.4. The standard InChI is InChI=1S/C11H21N/c1-3-7-10(2)12-11-8-5-4-6-9-11/h7,11-12H,3-6,8-9H2,1-2H3/b10-7+. The van der Waals surface area contributed by atoms with Crippen LogP contribution in [0.5, 0.6) is 0 Å². The lowest BCUT2D eigenvalue weighted by atomic mass is 9.95. The minimum Gasteiger partial charge on any atom is -0.386 e. The van der Waals surface area contributed by atoms with E-state index in [1.807, 2.05) is 0 Å². The molecule has 0 aromatic rings. The third-order valence-electron chi connectivity index (χ3n) is 2.55. The molecule has 1 heteroatoms. The van der Waals surface area contributed by atoms with E-state index in [4.69, 9.17) is 0 Å². The number of allylic oxidation sites excluding steroid dienone is 2. The summed E-state index contributed by atoms with van der Waals surface area (Å²) >= 11 is 0. The Morgan fingerprint density at radius 3 is 2.58 bits per heavy atom. The molecule has 70 valence electrons. The Morgan fingerprint density at radius 2 is 2.00 bits per heavy atom. The molecule has 0 atom stereocenters. The highest BCUT2D eigenvalue weighted by molar-refractivity contribution is 4.97. The fourth-order valence-corrected chi connectivity index (χ4v) is 1.93. The molecule has 0 heterocycles. The molecule has 1 fully saturated rings. The van der Waals surface area contributed by atoms with E-state index in [0.29, 0.717) is 0 Å². The van der Waals surface area contributed by atoms with E-state index in [1.165, 1.54) is 37.8 Å².